The van der Waals surface area contributed by atoms with Gasteiger partial charge >= 0.3 is 6.03 Å². The van der Waals surface area contributed by atoms with Gasteiger partial charge in [-0.1, -0.05) is 42.5 Å². The normalized spacial score (nSPS) is 18.2. The third-order valence-corrected chi connectivity index (χ3v) is 4.22. The van der Waals surface area contributed by atoms with Crippen LogP contribution in [0.1, 0.15) is 11.1 Å². The van der Waals surface area contributed by atoms with E-state index in [0.29, 0.717) is 19.7 Å². The van der Waals surface area contributed by atoms with E-state index in [1.54, 1.807) is 4.90 Å². The maximum absolute atomic E-state index is 12.2. The van der Waals surface area contributed by atoms with Crippen LogP contribution in [0.3, 0.4) is 0 Å². The molecule has 2 heterocycles. The van der Waals surface area contributed by atoms with Crippen LogP contribution >= 0.6 is 0 Å². The number of fused-ring (bicyclic) bond motifs is 2. The van der Waals surface area contributed by atoms with Gasteiger partial charge in [-0.2, -0.15) is 0 Å². The van der Waals surface area contributed by atoms with Crippen molar-refractivity contribution in [3.8, 4) is 0 Å². The lowest BCUT2D eigenvalue weighted by Gasteiger charge is -2.47. The summed E-state index contributed by atoms with van der Waals surface area (Å²) < 4.78 is 5.96. The zero-order chi connectivity index (χ0) is 14.3. The Balaban J connectivity index is 1.45. The molecule has 1 spiro atoms. The average molecular weight is 280 g/mol. The Morgan fingerprint density at radius 2 is 1.76 bits per heavy atom. The molecule has 4 heteroatoms. The van der Waals surface area contributed by atoms with E-state index < -0.39 is 0 Å². The van der Waals surface area contributed by atoms with Gasteiger partial charge in [0.2, 0.25) is 0 Å². The molecule has 1 N–H and O–H groups in total. The molecule has 0 atom stereocenters. The van der Waals surface area contributed by atoms with Gasteiger partial charge < -0.3 is 15.0 Å². The summed E-state index contributed by atoms with van der Waals surface area (Å²) in [5.74, 6) is 0. The maximum Gasteiger partial charge on any atom is 0.322 e. The van der Waals surface area contributed by atoms with Gasteiger partial charge in [-0.3, -0.25) is 0 Å². The van der Waals surface area contributed by atoms with Crippen molar-refractivity contribution in [3.63, 3.8) is 0 Å². The zero-order valence-electron chi connectivity index (χ0n) is 11.6. The molecular formula is C17H16N2O2. The van der Waals surface area contributed by atoms with Gasteiger partial charge in [-0.25, -0.2) is 4.79 Å². The van der Waals surface area contributed by atoms with Crippen molar-refractivity contribution in [1.29, 1.82) is 0 Å². The van der Waals surface area contributed by atoms with Crippen LogP contribution in [0.15, 0.2) is 54.6 Å². The largest absolute Gasteiger partial charge is 0.362 e. The highest BCUT2D eigenvalue weighted by Gasteiger charge is 2.51. The Kier molecular flexibility index (Phi) is 2.72. The monoisotopic (exact) mass is 280 g/mol. The van der Waals surface area contributed by atoms with Crippen LogP contribution in [-0.2, 0) is 16.9 Å². The highest BCUT2D eigenvalue weighted by molar-refractivity contribution is 5.90. The van der Waals surface area contributed by atoms with Gasteiger partial charge in [0, 0.05) is 5.69 Å². The number of hydrogen-bond donors (Lipinski definition) is 1. The van der Waals surface area contributed by atoms with E-state index in [2.05, 4.69) is 17.4 Å². The van der Waals surface area contributed by atoms with E-state index in [-0.39, 0.29) is 11.6 Å². The SMILES string of the molecule is O=C(Nc1ccccc1)N1CC2(C1)OCc1ccccc12. The smallest absolute Gasteiger partial charge is 0.322 e. The van der Waals surface area contributed by atoms with E-state index in [9.17, 15) is 4.79 Å². The fourth-order valence-corrected chi connectivity index (χ4v) is 3.08. The predicted molar refractivity (Wildman–Crippen MR) is 79.9 cm³/mol. The summed E-state index contributed by atoms with van der Waals surface area (Å²) in [6, 6.07) is 17.7. The molecular weight excluding hydrogens is 264 g/mol. The Morgan fingerprint density at radius 1 is 1.05 bits per heavy atom. The minimum absolute atomic E-state index is 0.0696. The average Bonchev–Trinajstić information content (AvgIpc) is 2.86. The third kappa shape index (κ3) is 1.99. The molecule has 0 unspecified atom stereocenters. The maximum atomic E-state index is 12.2. The molecule has 2 aromatic carbocycles. The van der Waals surface area contributed by atoms with Gasteiger partial charge in [-0.05, 0) is 23.3 Å². The van der Waals surface area contributed by atoms with Crippen molar-refractivity contribution in [2.24, 2.45) is 0 Å². The number of para-hydroxylation sites is 1. The summed E-state index contributed by atoms with van der Waals surface area (Å²) in [7, 11) is 0. The van der Waals surface area contributed by atoms with Crippen LogP contribution in [0, 0.1) is 0 Å². The van der Waals surface area contributed by atoms with Gasteiger partial charge in [-0.15, -0.1) is 0 Å². The van der Waals surface area contributed by atoms with Crippen LogP contribution in [0.5, 0.6) is 0 Å². The number of nitrogens with zero attached hydrogens (tertiary/aromatic N) is 1. The van der Waals surface area contributed by atoms with Crippen molar-refractivity contribution in [2.75, 3.05) is 18.4 Å². The van der Waals surface area contributed by atoms with Crippen LogP contribution in [0.2, 0.25) is 0 Å². The van der Waals surface area contributed by atoms with Gasteiger partial charge in [0.05, 0.1) is 19.7 Å². The first-order chi connectivity index (χ1) is 10.3. The number of amides is 2. The minimum atomic E-state index is -0.287. The lowest BCUT2D eigenvalue weighted by Crippen LogP contribution is -2.62. The second-order valence-electron chi connectivity index (χ2n) is 5.59. The Hall–Kier alpha value is -2.33. The number of hydrogen-bond acceptors (Lipinski definition) is 2. The van der Waals surface area contributed by atoms with Crippen molar-refractivity contribution in [3.05, 3.63) is 65.7 Å². The first kappa shape index (κ1) is 12.4. The zero-order valence-corrected chi connectivity index (χ0v) is 11.6. The number of carbonyl (C=O) groups is 1. The van der Waals surface area contributed by atoms with E-state index in [1.807, 2.05) is 42.5 Å². The fourth-order valence-electron chi connectivity index (χ4n) is 3.08. The van der Waals surface area contributed by atoms with E-state index >= 15 is 0 Å². The molecule has 1 saturated heterocycles. The number of benzene rings is 2. The summed E-state index contributed by atoms with van der Waals surface area (Å²) in [5, 5.41) is 2.91. The quantitative estimate of drug-likeness (QED) is 0.872. The summed E-state index contributed by atoms with van der Waals surface area (Å²) in [5.41, 5.74) is 3.00. The van der Waals surface area contributed by atoms with E-state index in [4.69, 9.17) is 4.74 Å². The third-order valence-electron chi connectivity index (χ3n) is 4.22. The molecule has 0 saturated carbocycles. The standard InChI is InChI=1S/C17H16N2O2/c20-16(18-14-7-2-1-3-8-14)19-11-17(12-19)15-9-5-4-6-13(15)10-21-17/h1-9H,10-12H2,(H,18,20). The molecule has 0 radical (unpaired) electrons. The topological polar surface area (TPSA) is 41.6 Å². The molecule has 2 amide bonds. The molecule has 0 bridgehead atoms. The highest BCUT2D eigenvalue weighted by atomic mass is 16.5. The number of carbonyl (C=O) groups excluding carboxylic acids is 1. The van der Waals surface area contributed by atoms with E-state index in [0.717, 1.165) is 5.69 Å². The van der Waals surface area contributed by atoms with Crippen molar-refractivity contribution < 1.29 is 9.53 Å². The molecule has 4 rings (SSSR count). The number of nitrogens with one attached hydrogen (secondary N) is 1. The lowest BCUT2D eigenvalue weighted by molar-refractivity contribution is -0.122. The van der Waals surface area contributed by atoms with Gasteiger partial charge in [0.1, 0.15) is 5.60 Å². The van der Waals surface area contributed by atoms with E-state index in [1.165, 1.54) is 11.1 Å². The number of rotatable bonds is 1. The molecule has 2 aliphatic heterocycles. The Labute approximate surface area is 123 Å². The van der Waals surface area contributed by atoms with Crippen LogP contribution in [0.25, 0.3) is 0 Å². The number of anilines is 1. The second kappa shape index (κ2) is 4.60. The Morgan fingerprint density at radius 3 is 2.57 bits per heavy atom. The van der Waals surface area contributed by atoms with Crippen LogP contribution < -0.4 is 5.32 Å². The number of urea groups is 1. The number of ether oxygens (including phenoxy) is 1. The number of likely N-dealkylation sites (tertiary alicyclic amines) is 1. The molecule has 2 aromatic rings. The molecule has 106 valence electrons. The molecule has 0 aromatic heterocycles. The minimum Gasteiger partial charge on any atom is -0.362 e. The molecule has 1 fully saturated rings. The van der Waals surface area contributed by atoms with Crippen LogP contribution in [-0.4, -0.2) is 24.0 Å². The second-order valence-corrected chi connectivity index (χ2v) is 5.59. The van der Waals surface area contributed by atoms with Crippen molar-refractivity contribution in [2.45, 2.75) is 12.2 Å². The van der Waals surface area contributed by atoms with Crippen LogP contribution in [0.4, 0.5) is 10.5 Å². The lowest BCUT2D eigenvalue weighted by atomic mass is 9.85. The van der Waals surface area contributed by atoms with Crippen molar-refractivity contribution >= 4 is 11.7 Å². The van der Waals surface area contributed by atoms with Crippen molar-refractivity contribution in [1.82, 2.24) is 4.90 Å². The van der Waals surface area contributed by atoms with Gasteiger partial charge in [0.15, 0.2) is 0 Å². The Bertz CT molecular complexity index is 678. The summed E-state index contributed by atoms with van der Waals surface area (Å²) in [6.45, 7) is 1.87. The first-order valence-electron chi connectivity index (χ1n) is 7.10. The molecule has 2 aliphatic rings. The highest BCUT2D eigenvalue weighted by Crippen LogP contribution is 2.43. The molecule has 21 heavy (non-hydrogen) atoms. The summed E-state index contributed by atoms with van der Waals surface area (Å²) >= 11 is 0. The summed E-state index contributed by atoms with van der Waals surface area (Å²) in [4.78, 5) is 14.0. The first-order valence-corrected chi connectivity index (χ1v) is 7.10. The fraction of sp³-hybridized carbons (Fsp3) is 0.235. The summed E-state index contributed by atoms with van der Waals surface area (Å²) in [6.07, 6.45) is 0. The molecule has 0 aliphatic carbocycles. The molecule has 4 nitrogen and oxygen atoms in total. The van der Waals surface area contributed by atoms with Gasteiger partial charge in [0.25, 0.3) is 0 Å². The predicted octanol–water partition coefficient (Wildman–Crippen LogP) is 2.96.